The standard InChI is InChI=1S/C11H9F3O/c1-8(15)6-7-9-4-2-3-5-10(9)11(12,13)14/h2-7H,1H3/b7-6-. The summed E-state index contributed by atoms with van der Waals surface area (Å²) in [7, 11) is 0. The Balaban J connectivity index is 3.13. The van der Waals surface area contributed by atoms with Gasteiger partial charge in [-0.2, -0.15) is 13.2 Å². The minimum atomic E-state index is -4.39. The molecule has 0 spiro atoms. The minimum absolute atomic E-state index is 0.000185. The molecule has 0 amide bonds. The highest BCUT2D eigenvalue weighted by atomic mass is 19.4. The molecule has 0 fully saturated rings. The van der Waals surface area contributed by atoms with Gasteiger partial charge in [0.2, 0.25) is 0 Å². The molecule has 0 unspecified atom stereocenters. The number of benzene rings is 1. The van der Waals surface area contributed by atoms with Gasteiger partial charge in [-0.3, -0.25) is 4.79 Å². The molecule has 0 saturated heterocycles. The van der Waals surface area contributed by atoms with E-state index in [1.807, 2.05) is 0 Å². The molecule has 15 heavy (non-hydrogen) atoms. The first-order valence-corrected chi connectivity index (χ1v) is 4.26. The van der Waals surface area contributed by atoms with E-state index >= 15 is 0 Å². The average Bonchev–Trinajstić information content (AvgIpc) is 2.13. The van der Waals surface area contributed by atoms with Crippen molar-refractivity contribution >= 4 is 11.9 Å². The zero-order valence-electron chi connectivity index (χ0n) is 8.01. The van der Waals surface area contributed by atoms with Gasteiger partial charge >= 0.3 is 6.18 Å². The van der Waals surface area contributed by atoms with E-state index in [-0.39, 0.29) is 11.3 Å². The zero-order valence-corrected chi connectivity index (χ0v) is 8.01. The molecule has 0 N–H and O–H groups in total. The van der Waals surface area contributed by atoms with Crippen molar-refractivity contribution in [2.45, 2.75) is 13.1 Å². The third-order valence-electron chi connectivity index (χ3n) is 1.76. The molecule has 1 rings (SSSR count). The number of hydrogen-bond acceptors (Lipinski definition) is 1. The normalized spacial score (nSPS) is 12.0. The SMILES string of the molecule is CC(=O)/C=C\c1ccccc1C(F)(F)F. The summed E-state index contributed by atoms with van der Waals surface area (Å²) in [6.07, 6.45) is -2.10. The Morgan fingerprint density at radius 2 is 1.87 bits per heavy atom. The van der Waals surface area contributed by atoms with Gasteiger partial charge in [-0.15, -0.1) is 0 Å². The van der Waals surface area contributed by atoms with Crippen LogP contribution >= 0.6 is 0 Å². The van der Waals surface area contributed by atoms with Crippen molar-refractivity contribution in [2.75, 3.05) is 0 Å². The Kier molecular flexibility index (Phi) is 3.29. The third-order valence-corrected chi connectivity index (χ3v) is 1.76. The van der Waals surface area contributed by atoms with Gasteiger partial charge in [0, 0.05) is 0 Å². The van der Waals surface area contributed by atoms with Crippen molar-refractivity contribution in [1.29, 1.82) is 0 Å². The van der Waals surface area contributed by atoms with Gasteiger partial charge in [0.1, 0.15) is 0 Å². The van der Waals surface area contributed by atoms with E-state index in [9.17, 15) is 18.0 Å². The van der Waals surface area contributed by atoms with Crippen molar-refractivity contribution in [3.05, 3.63) is 41.5 Å². The molecule has 0 bridgehead atoms. The van der Waals surface area contributed by atoms with E-state index < -0.39 is 11.7 Å². The first-order valence-electron chi connectivity index (χ1n) is 4.26. The maximum atomic E-state index is 12.5. The Labute approximate surface area is 85.2 Å². The van der Waals surface area contributed by atoms with E-state index in [0.717, 1.165) is 12.1 Å². The van der Waals surface area contributed by atoms with Crippen molar-refractivity contribution in [1.82, 2.24) is 0 Å². The quantitative estimate of drug-likeness (QED) is 0.690. The second kappa shape index (κ2) is 4.29. The maximum absolute atomic E-state index is 12.5. The molecule has 0 radical (unpaired) electrons. The monoisotopic (exact) mass is 214 g/mol. The molecular formula is C11H9F3O. The summed E-state index contributed by atoms with van der Waals surface area (Å²) in [5.41, 5.74) is -0.734. The van der Waals surface area contributed by atoms with Gasteiger partial charge in [-0.05, 0) is 24.6 Å². The minimum Gasteiger partial charge on any atom is -0.295 e. The first-order chi connectivity index (χ1) is 6.91. The fraction of sp³-hybridized carbons (Fsp3) is 0.182. The average molecular weight is 214 g/mol. The summed E-state index contributed by atoms with van der Waals surface area (Å²) in [6, 6.07) is 5.12. The lowest BCUT2D eigenvalue weighted by atomic mass is 10.1. The molecule has 0 heterocycles. The summed E-state index contributed by atoms with van der Waals surface area (Å²) < 4.78 is 37.4. The summed E-state index contributed by atoms with van der Waals surface area (Å²) in [5, 5.41) is 0. The fourth-order valence-corrected chi connectivity index (χ4v) is 1.11. The highest BCUT2D eigenvalue weighted by molar-refractivity contribution is 5.91. The molecule has 0 atom stereocenters. The Morgan fingerprint density at radius 1 is 1.27 bits per heavy atom. The molecular weight excluding hydrogens is 205 g/mol. The number of halogens is 3. The van der Waals surface area contributed by atoms with Crippen LogP contribution in [0.4, 0.5) is 13.2 Å². The molecule has 1 aromatic carbocycles. The van der Waals surface area contributed by atoms with E-state index in [1.165, 1.54) is 31.2 Å². The van der Waals surface area contributed by atoms with Crippen LogP contribution in [0.2, 0.25) is 0 Å². The predicted octanol–water partition coefficient (Wildman–Crippen LogP) is 3.31. The van der Waals surface area contributed by atoms with E-state index in [0.29, 0.717) is 0 Å². The summed E-state index contributed by atoms with van der Waals surface area (Å²) in [6.45, 7) is 1.28. The van der Waals surface area contributed by atoms with Crippen LogP contribution in [-0.4, -0.2) is 5.78 Å². The number of carbonyl (C=O) groups is 1. The number of allylic oxidation sites excluding steroid dienone is 1. The van der Waals surface area contributed by atoms with Crippen molar-refractivity contribution in [2.24, 2.45) is 0 Å². The van der Waals surface area contributed by atoms with E-state index in [2.05, 4.69) is 0 Å². The number of alkyl halides is 3. The summed E-state index contributed by atoms with van der Waals surface area (Å²) >= 11 is 0. The lowest BCUT2D eigenvalue weighted by Gasteiger charge is -2.09. The molecule has 0 aromatic heterocycles. The number of ketones is 1. The van der Waals surface area contributed by atoms with Crippen LogP contribution in [0.5, 0.6) is 0 Å². The van der Waals surface area contributed by atoms with Gasteiger partial charge in [-0.1, -0.05) is 24.3 Å². The van der Waals surface area contributed by atoms with Crippen LogP contribution in [0, 0.1) is 0 Å². The second-order valence-corrected chi connectivity index (χ2v) is 3.03. The summed E-state index contributed by atoms with van der Waals surface area (Å²) in [5.74, 6) is -0.285. The lowest BCUT2D eigenvalue weighted by molar-refractivity contribution is -0.137. The number of hydrogen-bond donors (Lipinski definition) is 0. The molecule has 0 aliphatic carbocycles. The van der Waals surface area contributed by atoms with Gasteiger partial charge in [0.05, 0.1) is 5.56 Å². The molecule has 0 saturated carbocycles. The molecule has 0 aliphatic rings. The van der Waals surface area contributed by atoms with Gasteiger partial charge in [-0.25, -0.2) is 0 Å². The van der Waals surface area contributed by atoms with E-state index in [1.54, 1.807) is 0 Å². The second-order valence-electron chi connectivity index (χ2n) is 3.03. The Morgan fingerprint density at radius 3 is 2.40 bits per heavy atom. The molecule has 0 aliphatic heterocycles. The molecule has 4 heteroatoms. The topological polar surface area (TPSA) is 17.1 Å². The highest BCUT2D eigenvalue weighted by Gasteiger charge is 2.32. The first kappa shape index (κ1) is 11.5. The zero-order chi connectivity index (χ0) is 11.5. The molecule has 1 aromatic rings. The Bertz CT molecular complexity index is 391. The fourth-order valence-electron chi connectivity index (χ4n) is 1.11. The largest absolute Gasteiger partial charge is 0.416 e. The lowest BCUT2D eigenvalue weighted by Crippen LogP contribution is -2.06. The van der Waals surface area contributed by atoms with Crippen LogP contribution in [0.25, 0.3) is 6.08 Å². The smallest absolute Gasteiger partial charge is 0.295 e. The van der Waals surface area contributed by atoms with Gasteiger partial charge < -0.3 is 0 Å². The van der Waals surface area contributed by atoms with Gasteiger partial charge in [0.15, 0.2) is 5.78 Å². The molecule has 1 nitrogen and oxygen atoms in total. The van der Waals surface area contributed by atoms with Crippen LogP contribution in [-0.2, 0) is 11.0 Å². The Hall–Kier alpha value is -1.58. The number of rotatable bonds is 2. The van der Waals surface area contributed by atoms with E-state index in [4.69, 9.17) is 0 Å². The van der Waals surface area contributed by atoms with Gasteiger partial charge in [0.25, 0.3) is 0 Å². The maximum Gasteiger partial charge on any atom is 0.416 e. The van der Waals surface area contributed by atoms with Crippen molar-refractivity contribution in [3.8, 4) is 0 Å². The third kappa shape index (κ3) is 3.23. The van der Waals surface area contributed by atoms with Crippen LogP contribution in [0.3, 0.4) is 0 Å². The molecule has 80 valence electrons. The summed E-state index contributed by atoms with van der Waals surface area (Å²) in [4.78, 5) is 10.6. The van der Waals surface area contributed by atoms with Crippen LogP contribution in [0.15, 0.2) is 30.3 Å². The predicted molar refractivity (Wildman–Crippen MR) is 51.2 cm³/mol. The van der Waals surface area contributed by atoms with Crippen LogP contribution < -0.4 is 0 Å². The van der Waals surface area contributed by atoms with Crippen molar-refractivity contribution in [3.63, 3.8) is 0 Å². The highest BCUT2D eigenvalue weighted by Crippen LogP contribution is 2.32. The number of carbonyl (C=O) groups excluding carboxylic acids is 1. The van der Waals surface area contributed by atoms with Crippen molar-refractivity contribution < 1.29 is 18.0 Å². The van der Waals surface area contributed by atoms with Crippen LogP contribution in [0.1, 0.15) is 18.1 Å².